The van der Waals surface area contributed by atoms with Crippen LogP contribution in [0.25, 0.3) is 0 Å². The van der Waals surface area contributed by atoms with Gasteiger partial charge in [0.1, 0.15) is 0 Å². The van der Waals surface area contributed by atoms with Crippen molar-refractivity contribution >= 4 is 5.97 Å². The molecule has 118 valence electrons. The molecule has 1 aromatic carbocycles. The van der Waals surface area contributed by atoms with Crippen LogP contribution >= 0.6 is 0 Å². The number of rotatable bonds is 7. The van der Waals surface area contributed by atoms with Crippen molar-refractivity contribution in [1.82, 2.24) is 9.78 Å². The number of aromatic nitrogens is 2. The average molecular weight is 300 g/mol. The summed E-state index contributed by atoms with van der Waals surface area (Å²) >= 11 is 0. The molecule has 0 saturated carbocycles. The van der Waals surface area contributed by atoms with Crippen molar-refractivity contribution in [2.75, 3.05) is 6.61 Å². The number of nitrogens with zero attached hydrogens (tertiary/aromatic N) is 2. The van der Waals surface area contributed by atoms with Crippen molar-refractivity contribution < 1.29 is 9.53 Å². The second-order valence-electron chi connectivity index (χ2n) is 5.66. The fraction of sp³-hybridized carbons (Fsp3) is 0.444. The van der Waals surface area contributed by atoms with Gasteiger partial charge in [-0.3, -0.25) is 9.48 Å². The van der Waals surface area contributed by atoms with Crippen LogP contribution < -0.4 is 0 Å². The van der Waals surface area contributed by atoms with Crippen LogP contribution in [0.15, 0.2) is 36.4 Å². The minimum atomic E-state index is -0.152. The standard InChI is InChI=1S/C18H24N2O2/c1-4-22-18(21)11-10-16-12-17(14(2)3)19-20(16)13-15-8-6-5-7-9-15/h5-9,12,14H,4,10-11,13H2,1-3H3. The molecule has 0 radical (unpaired) electrons. The van der Waals surface area contributed by atoms with Crippen molar-refractivity contribution in [3.63, 3.8) is 0 Å². The van der Waals surface area contributed by atoms with Gasteiger partial charge in [-0.2, -0.15) is 5.10 Å². The smallest absolute Gasteiger partial charge is 0.306 e. The molecule has 0 unspecified atom stereocenters. The number of hydrogen-bond acceptors (Lipinski definition) is 3. The van der Waals surface area contributed by atoms with Crippen molar-refractivity contribution in [3.05, 3.63) is 53.3 Å². The topological polar surface area (TPSA) is 44.1 Å². The first-order chi connectivity index (χ1) is 10.6. The minimum absolute atomic E-state index is 0.152. The fourth-order valence-corrected chi connectivity index (χ4v) is 2.32. The summed E-state index contributed by atoms with van der Waals surface area (Å²) in [5, 5.41) is 4.69. The van der Waals surface area contributed by atoms with Gasteiger partial charge in [0.25, 0.3) is 0 Å². The molecule has 0 bridgehead atoms. The van der Waals surface area contributed by atoms with Gasteiger partial charge >= 0.3 is 5.97 Å². The van der Waals surface area contributed by atoms with Crippen LogP contribution in [0.4, 0.5) is 0 Å². The molecular formula is C18H24N2O2. The van der Waals surface area contributed by atoms with Crippen LogP contribution in [0.5, 0.6) is 0 Å². The maximum absolute atomic E-state index is 11.6. The van der Waals surface area contributed by atoms with Gasteiger partial charge in [-0.05, 0) is 30.9 Å². The molecule has 0 aliphatic carbocycles. The lowest BCUT2D eigenvalue weighted by molar-refractivity contribution is -0.143. The summed E-state index contributed by atoms with van der Waals surface area (Å²) in [5.41, 5.74) is 3.36. The third kappa shape index (κ3) is 4.45. The first-order valence-corrected chi connectivity index (χ1v) is 7.86. The van der Waals surface area contributed by atoms with Gasteiger partial charge in [-0.1, -0.05) is 44.2 Å². The first-order valence-electron chi connectivity index (χ1n) is 7.86. The highest BCUT2D eigenvalue weighted by atomic mass is 16.5. The average Bonchev–Trinajstić information content (AvgIpc) is 2.90. The van der Waals surface area contributed by atoms with Crippen LogP contribution in [0.2, 0.25) is 0 Å². The van der Waals surface area contributed by atoms with Crippen molar-refractivity contribution in [2.45, 2.75) is 46.1 Å². The minimum Gasteiger partial charge on any atom is -0.466 e. The fourth-order valence-electron chi connectivity index (χ4n) is 2.32. The number of hydrogen-bond donors (Lipinski definition) is 0. The molecule has 1 aromatic heterocycles. The number of carbonyl (C=O) groups is 1. The summed E-state index contributed by atoms with van der Waals surface area (Å²) in [5.74, 6) is 0.222. The van der Waals surface area contributed by atoms with Gasteiger partial charge in [-0.15, -0.1) is 0 Å². The molecular weight excluding hydrogens is 276 g/mol. The van der Waals surface area contributed by atoms with Gasteiger partial charge in [0.05, 0.1) is 25.3 Å². The zero-order valence-corrected chi connectivity index (χ0v) is 13.6. The number of benzene rings is 1. The zero-order chi connectivity index (χ0) is 15.9. The quantitative estimate of drug-likeness (QED) is 0.734. The number of aryl methyl sites for hydroxylation is 1. The largest absolute Gasteiger partial charge is 0.466 e. The van der Waals surface area contributed by atoms with E-state index in [1.54, 1.807) is 0 Å². The SMILES string of the molecule is CCOC(=O)CCc1cc(C(C)C)nn1Cc1ccccc1. The van der Waals surface area contributed by atoms with Crippen molar-refractivity contribution in [1.29, 1.82) is 0 Å². The summed E-state index contributed by atoms with van der Waals surface area (Å²) in [7, 11) is 0. The van der Waals surface area contributed by atoms with Gasteiger partial charge in [0, 0.05) is 5.69 Å². The molecule has 1 heterocycles. The van der Waals surface area contributed by atoms with Crippen LogP contribution in [0.1, 0.15) is 50.1 Å². The summed E-state index contributed by atoms with van der Waals surface area (Å²) in [6.07, 6.45) is 1.05. The highest BCUT2D eigenvalue weighted by Gasteiger charge is 2.13. The molecule has 0 aliphatic rings. The predicted molar refractivity (Wildman–Crippen MR) is 86.8 cm³/mol. The third-order valence-corrected chi connectivity index (χ3v) is 3.54. The summed E-state index contributed by atoms with van der Waals surface area (Å²) < 4.78 is 7.01. The van der Waals surface area contributed by atoms with Crippen LogP contribution in [-0.4, -0.2) is 22.4 Å². The highest BCUT2D eigenvalue weighted by Crippen LogP contribution is 2.17. The van der Waals surface area contributed by atoms with Gasteiger partial charge < -0.3 is 4.74 Å². The summed E-state index contributed by atoms with van der Waals surface area (Å²) in [6.45, 7) is 7.24. The van der Waals surface area contributed by atoms with Crippen LogP contribution in [0.3, 0.4) is 0 Å². The number of esters is 1. The Labute approximate surface area is 132 Å². The number of carbonyl (C=O) groups excluding carboxylic acids is 1. The molecule has 2 rings (SSSR count). The highest BCUT2D eigenvalue weighted by molar-refractivity contribution is 5.69. The second kappa shape index (κ2) is 7.78. The van der Waals surface area contributed by atoms with Crippen LogP contribution in [0, 0.1) is 0 Å². The molecule has 0 N–H and O–H groups in total. The molecule has 22 heavy (non-hydrogen) atoms. The van der Waals surface area contributed by atoms with E-state index in [2.05, 4.69) is 32.0 Å². The van der Waals surface area contributed by atoms with Crippen LogP contribution in [-0.2, 0) is 22.5 Å². The molecule has 0 amide bonds. The molecule has 0 fully saturated rings. The van der Waals surface area contributed by atoms with E-state index in [1.807, 2.05) is 29.8 Å². The maximum Gasteiger partial charge on any atom is 0.306 e. The number of ether oxygens (including phenoxy) is 1. The van der Waals surface area contributed by atoms with E-state index in [9.17, 15) is 4.79 Å². The first kappa shape index (κ1) is 16.3. The predicted octanol–water partition coefficient (Wildman–Crippen LogP) is 3.55. The van der Waals surface area contributed by atoms with E-state index in [0.29, 0.717) is 25.4 Å². The lowest BCUT2D eigenvalue weighted by atomic mass is 10.1. The lowest BCUT2D eigenvalue weighted by Gasteiger charge is -2.07. The van der Waals surface area contributed by atoms with E-state index in [4.69, 9.17) is 9.84 Å². The van der Waals surface area contributed by atoms with E-state index in [0.717, 1.165) is 17.9 Å². The van der Waals surface area contributed by atoms with E-state index in [-0.39, 0.29) is 5.97 Å². The maximum atomic E-state index is 11.6. The Bertz CT molecular complexity index is 603. The molecule has 0 spiro atoms. The zero-order valence-electron chi connectivity index (χ0n) is 13.6. The lowest BCUT2D eigenvalue weighted by Crippen LogP contribution is -2.10. The Balaban J connectivity index is 2.14. The Morgan fingerprint density at radius 3 is 2.64 bits per heavy atom. The summed E-state index contributed by atoms with van der Waals surface area (Å²) in [6, 6.07) is 12.3. The Kier molecular flexibility index (Phi) is 5.75. The summed E-state index contributed by atoms with van der Waals surface area (Å²) in [4.78, 5) is 11.6. The van der Waals surface area contributed by atoms with E-state index >= 15 is 0 Å². The molecule has 4 nitrogen and oxygen atoms in total. The Hall–Kier alpha value is -2.10. The molecule has 4 heteroatoms. The molecule has 0 aliphatic heterocycles. The van der Waals surface area contributed by atoms with Crippen molar-refractivity contribution in [2.24, 2.45) is 0 Å². The normalized spacial score (nSPS) is 10.9. The third-order valence-electron chi connectivity index (χ3n) is 3.54. The monoisotopic (exact) mass is 300 g/mol. The van der Waals surface area contributed by atoms with Crippen molar-refractivity contribution in [3.8, 4) is 0 Å². The molecule has 0 saturated heterocycles. The Morgan fingerprint density at radius 1 is 1.27 bits per heavy atom. The molecule has 2 aromatic rings. The van der Waals surface area contributed by atoms with Gasteiger partial charge in [0.2, 0.25) is 0 Å². The van der Waals surface area contributed by atoms with E-state index < -0.39 is 0 Å². The second-order valence-corrected chi connectivity index (χ2v) is 5.66. The van der Waals surface area contributed by atoms with E-state index in [1.165, 1.54) is 5.56 Å². The Morgan fingerprint density at radius 2 is 2.00 bits per heavy atom. The van der Waals surface area contributed by atoms with Gasteiger partial charge in [-0.25, -0.2) is 0 Å². The molecule has 0 atom stereocenters. The van der Waals surface area contributed by atoms with Gasteiger partial charge in [0.15, 0.2) is 0 Å².